The predicted octanol–water partition coefficient (Wildman–Crippen LogP) is 7.42. The second-order valence-electron chi connectivity index (χ2n) is 13.0. The lowest BCUT2D eigenvalue weighted by molar-refractivity contribution is -0.0894. The molecule has 244 valence electrons. The van der Waals surface area contributed by atoms with Crippen LogP contribution in [0.3, 0.4) is 0 Å². The molecule has 1 unspecified atom stereocenters. The van der Waals surface area contributed by atoms with Crippen LogP contribution in [0.15, 0.2) is 72.8 Å². The van der Waals surface area contributed by atoms with Gasteiger partial charge in [0.1, 0.15) is 46.0 Å². The zero-order valence-electron chi connectivity index (χ0n) is 26.4. The van der Waals surface area contributed by atoms with Crippen molar-refractivity contribution in [3.05, 3.63) is 106 Å². The van der Waals surface area contributed by atoms with E-state index in [2.05, 4.69) is 0 Å². The molecule has 5 aromatic rings. The van der Waals surface area contributed by atoms with Gasteiger partial charge >= 0.3 is 5.79 Å². The van der Waals surface area contributed by atoms with E-state index in [1.54, 1.807) is 56.3 Å². The van der Waals surface area contributed by atoms with Gasteiger partial charge in [-0.1, -0.05) is 24.3 Å². The quantitative estimate of drug-likeness (QED) is 0.0932. The number of ether oxygens (including phenoxy) is 2. The smallest absolute Gasteiger partial charge is 0.310 e. The molecule has 1 atom stereocenters. The molecule has 0 saturated carbocycles. The molecule has 2 heterocycles. The zero-order valence-corrected chi connectivity index (χ0v) is 26.4. The summed E-state index contributed by atoms with van der Waals surface area (Å²) in [4.78, 5) is 0. The second-order valence-corrected chi connectivity index (χ2v) is 13.0. The summed E-state index contributed by atoms with van der Waals surface area (Å²) in [5, 5.41) is 75.1. The Morgan fingerprint density at radius 1 is 0.688 bits per heavy atom. The molecule has 0 aliphatic carbocycles. The molecule has 2 aliphatic rings. The Hall–Kier alpha value is -5.80. The molecule has 7 N–H and O–H groups in total. The third-order valence-electron chi connectivity index (χ3n) is 8.82. The van der Waals surface area contributed by atoms with Crippen molar-refractivity contribution in [2.75, 3.05) is 0 Å². The van der Waals surface area contributed by atoms with Crippen LogP contribution in [-0.4, -0.2) is 41.3 Å². The summed E-state index contributed by atoms with van der Waals surface area (Å²) < 4.78 is 13.5. The van der Waals surface area contributed by atoms with Crippen LogP contribution in [0.4, 0.5) is 0 Å². The molecule has 48 heavy (non-hydrogen) atoms. The third kappa shape index (κ3) is 5.09. The Bertz CT molecular complexity index is 2160. The van der Waals surface area contributed by atoms with Gasteiger partial charge in [0.15, 0.2) is 0 Å². The van der Waals surface area contributed by atoms with Gasteiger partial charge in [0, 0.05) is 34.4 Å². The fourth-order valence-corrected chi connectivity index (χ4v) is 6.54. The van der Waals surface area contributed by atoms with Gasteiger partial charge in [-0.15, -0.1) is 0 Å². The number of aryl methyl sites for hydroxylation is 1. The molecule has 5 aromatic carbocycles. The number of hydrogen-bond donors (Lipinski definition) is 7. The zero-order chi connectivity index (χ0) is 34.1. The first-order valence-corrected chi connectivity index (χ1v) is 15.4. The summed E-state index contributed by atoms with van der Waals surface area (Å²) in [6.45, 7) is 5.21. The van der Waals surface area contributed by atoms with Gasteiger partial charge < -0.3 is 45.2 Å². The number of benzene rings is 5. The minimum absolute atomic E-state index is 0.0419. The second kappa shape index (κ2) is 10.9. The lowest BCUT2D eigenvalue weighted by Crippen LogP contribution is -2.45. The monoisotopic (exact) mass is 646 g/mol. The lowest BCUT2D eigenvalue weighted by atomic mass is 9.78. The van der Waals surface area contributed by atoms with Crippen LogP contribution in [0.25, 0.3) is 34.4 Å². The van der Waals surface area contributed by atoms with E-state index in [1.807, 2.05) is 19.1 Å². The van der Waals surface area contributed by atoms with E-state index in [4.69, 9.17) is 9.47 Å². The van der Waals surface area contributed by atoms with Gasteiger partial charge in [-0.2, -0.15) is 0 Å². The minimum Gasteiger partial charge on any atom is -0.508 e. The Kier molecular flexibility index (Phi) is 6.99. The predicted molar refractivity (Wildman–Crippen MR) is 181 cm³/mol. The van der Waals surface area contributed by atoms with E-state index in [0.29, 0.717) is 38.9 Å². The largest absolute Gasteiger partial charge is 0.508 e. The van der Waals surface area contributed by atoms with E-state index >= 15 is 0 Å². The van der Waals surface area contributed by atoms with Crippen LogP contribution >= 0.6 is 0 Å². The van der Waals surface area contributed by atoms with Gasteiger partial charge in [-0.25, -0.2) is 0 Å². The molecule has 0 aromatic heterocycles. The van der Waals surface area contributed by atoms with Crippen molar-refractivity contribution in [3.63, 3.8) is 0 Å². The Balaban J connectivity index is 1.48. The summed E-state index contributed by atoms with van der Waals surface area (Å²) in [5.41, 5.74) is 4.02. The molecular formula is C39H34O9. The number of phenols is 6. The number of phenolic OH excluding ortho intramolecular Hbond substituents is 6. The highest BCUT2D eigenvalue weighted by molar-refractivity contribution is 5.92. The van der Waals surface area contributed by atoms with Crippen molar-refractivity contribution >= 4 is 12.2 Å². The van der Waals surface area contributed by atoms with Crippen molar-refractivity contribution < 1.29 is 45.2 Å². The van der Waals surface area contributed by atoms with Crippen LogP contribution in [0.2, 0.25) is 0 Å². The van der Waals surface area contributed by atoms with Crippen LogP contribution in [0.5, 0.6) is 46.0 Å². The van der Waals surface area contributed by atoms with Gasteiger partial charge in [0.25, 0.3) is 0 Å². The summed E-state index contributed by atoms with van der Waals surface area (Å²) in [7, 11) is 0. The standard InChI is InChI=1S/C39H34O9/c1-20-14-27-25-9-8-24(41)19-33(25)47-39(29-10-11-30(42)26(37(29)45)12-13-38(2,3)46)36(27)28(15-20)35-32(44)16-21(17-34(35)48-39)4-5-22-6-7-23(40)18-31(22)43/h4-11,14-19,40-46H,12-13H2,1-3H3. The van der Waals surface area contributed by atoms with Crippen LogP contribution in [0, 0.1) is 6.92 Å². The highest BCUT2D eigenvalue weighted by atomic mass is 16.7. The fraction of sp³-hybridized carbons (Fsp3) is 0.179. The molecule has 0 saturated heterocycles. The number of hydrogen-bond acceptors (Lipinski definition) is 9. The summed E-state index contributed by atoms with van der Waals surface area (Å²) in [6.07, 6.45) is 3.68. The first kappa shape index (κ1) is 30.8. The average Bonchev–Trinajstić information content (AvgIpc) is 2.99. The van der Waals surface area contributed by atoms with E-state index in [1.165, 1.54) is 30.3 Å². The molecule has 9 nitrogen and oxygen atoms in total. The van der Waals surface area contributed by atoms with Gasteiger partial charge in [0.05, 0.1) is 22.3 Å². The SMILES string of the molecule is Cc1cc2c3c(c1)-c1c(O)cc(C=Cc4ccc(O)cc4O)cc1OC3(c1ccc(O)c(CCC(C)(C)O)c1O)Oc1cc(O)ccc1-2. The molecular weight excluding hydrogens is 612 g/mol. The Labute approximate surface area is 276 Å². The Morgan fingerprint density at radius 2 is 1.40 bits per heavy atom. The highest BCUT2D eigenvalue weighted by Crippen LogP contribution is 2.60. The molecule has 0 fully saturated rings. The third-order valence-corrected chi connectivity index (χ3v) is 8.82. The van der Waals surface area contributed by atoms with Crippen molar-refractivity contribution in [1.82, 2.24) is 0 Å². The highest BCUT2D eigenvalue weighted by Gasteiger charge is 2.52. The summed E-state index contributed by atoms with van der Waals surface area (Å²) in [6, 6.07) is 19.1. The van der Waals surface area contributed by atoms with Gasteiger partial charge in [0.2, 0.25) is 0 Å². The van der Waals surface area contributed by atoms with Crippen LogP contribution < -0.4 is 9.47 Å². The first-order chi connectivity index (χ1) is 22.7. The Morgan fingerprint density at radius 3 is 2.15 bits per heavy atom. The molecule has 9 heteroatoms. The van der Waals surface area contributed by atoms with Crippen molar-refractivity contribution in [2.24, 2.45) is 0 Å². The van der Waals surface area contributed by atoms with Gasteiger partial charge in [-0.05, 0) is 98.8 Å². The molecule has 2 aliphatic heterocycles. The lowest BCUT2D eigenvalue weighted by Gasteiger charge is -2.45. The molecule has 0 bridgehead atoms. The fourth-order valence-electron chi connectivity index (χ4n) is 6.54. The average molecular weight is 647 g/mol. The van der Waals surface area contributed by atoms with E-state index < -0.39 is 11.4 Å². The van der Waals surface area contributed by atoms with Crippen molar-refractivity contribution in [3.8, 4) is 68.2 Å². The molecule has 0 amide bonds. The van der Waals surface area contributed by atoms with Crippen LogP contribution in [-0.2, 0) is 12.2 Å². The van der Waals surface area contributed by atoms with E-state index in [-0.39, 0.29) is 70.0 Å². The molecule has 7 rings (SSSR count). The van der Waals surface area contributed by atoms with E-state index in [0.717, 1.165) is 5.56 Å². The van der Waals surface area contributed by atoms with Crippen molar-refractivity contribution in [1.29, 1.82) is 0 Å². The normalized spacial score (nSPS) is 16.1. The maximum Gasteiger partial charge on any atom is 0.310 e. The maximum absolute atomic E-state index is 11.9. The van der Waals surface area contributed by atoms with E-state index in [9.17, 15) is 35.7 Å². The summed E-state index contributed by atoms with van der Waals surface area (Å²) >= 11 is 0. The molecule has 0 spiro atoms. The van der Waals surface area contributed by atoms with Crippen molar-refractivity contribution in [2.45, 2.75) is 45.0 Å². The number of aromatic hydroxyl groups is 6. The first-order valence-electron chi connectivity index (χ1n) is 15.4. The minimum atomic E-state index is -1.85. The number of aliphatic hydroxyl groups is 1. The number of rotatable bonds is 6. The summed E-state index contributed by atoms with van der Waals surface area (Å²) in [5.74, 6) is -2.11. The maximum atomic E-state index is 11.9. The molecule has 0 radical (unpaired) electrons. The van der Waals surface area contributed by atoms with Gasteiger partial charge in [-0.3, -0.25) is 0 Å². The van der Waals surface area contributed by atoms with Crippen LogP contribution in [0.1, 0.15) is 53.6 Å². The topological polar surface area (TPSA) is 160 Å². The number of fused-ring (bicyclic) bond motifs is 4.